The van der Waals surface area contributed by atoms with Crippen LogP contribution in [0.3, 0.4) is 0 Å². The highest BCUT2D eigenvalue weighted by atomic mass is 32.2. The summed E-state index contributed by atoms with van der Waals surface area (Å²) < 4.78 is 32.3. The number of aromatic nitrogens is 2. The van der Waals surface area contributed by atoms with Gasteiger partial charge in [0.1, 0.15) is 0 Å². The number of sulfonamides is 1. The number of nitrogens with one attached hydrogen (secondary N) is 1. The van der Waals surface area contributed by atoms with E-state index in [2.05, 4.69) is 9.71 Å². The Balaban J connectivity index is 1.76. The van der Waals surface area contributed by atoms with Gasteiger partial charge in [-0.15, -0.1) is 0 Å². The molecule has 0 bridgehead atoms. The topological polar surface area (TPSA) is 97.4 Å². The zero-order valence-corrected chi connectivity index (χ0v) is 14.4. The van der Waals surface area contributed by atoms with Crippen molar-refractivity contribution in [2.24, 2.45) is 0 Å². The van der Waals surface area contributed by atoms with Crippen LogP contribution >= 0.6 is 0 Å². The molecule has 2 aromatic heterocycles. The highest BCUT2D eigenvalue weighted by molar-refractivity contribution is 7.88. The van der Waals surface area contributed by atoms with Crippen LogP contribution in [-0.2, 0) is 16.6 Å². The molecule has 0 unspecified atom stereocenters. The molecule has 8 nitrogen and oxygen atoms in total. The Bertz CT molecular complexity index is 839. The number of furan rings is 1. The minimum atomic E-state index is -3.23. The summed E-state index contributed by atoms with van der Waals surface area (Å²) >= 11 is 0. The van der Waals surface area contributed by atoms with Crippen molar-refractivity contribution in [1.29, 1.82) is 0 Å². The minimum absolute atomic E-state index is 0.0373. The van der Waals surface area contributed by atoms with E-state index in [9.17, 15) is 13.2 Å². The van der Waals surface area contributed by atoms with E-state index in [-0.39, 0.29) is 11.9 Å². The van der Waals surface area contributed by atoms with Gasteiger partial charge in [0.05, 0.1) is 37.1 Å². The zero-order chi connectivity index (χ0) is 17.3. The smallest absolute Gasteiger partial charge is 0.290 e. The minimum Gasteiger partial charge on any atom is -0.459 e. The van der Waals surface area contributed by atoms with Crippen LogP contribution in [0.15, 0.2) is 29.3 Å². The Morgan fingerprint density at radius 1 is 1.50 bits per heavy atom. The molecule has 0 fully saturated rings. The number of rotatable bonds is 5. The molecule has 3 rings (SSSR count). The number of imidazole rings is 1. The summed E-state index contributed by atoms with van der Waals surface area (Å²) in [5, 5.41) is 0. The van der Waals surface area contributed by atoms with Gasteiger partial charge < -0.3 is 13.9 Å². The van der Waals surface area contributed by atoms with E-state index in [0.29, 0.717) is 31.8 Å². The maximum absolute atomic E-state index is 12.7. The third-order valence-electron chi connectivity index (χ3n) is 4.11. The van der Waals surface area contributed by atoms with E-state index in [1.807, 2.05) is 11.5 Å². The number of aryl methyl sites for hydroxylation is 1. The number of carbonyl (C=O) groups excluding carboxylic acids is 1. The second kappa shape index (κ2) is 6.40. The summed E-state index contributed by atoms with van der Waals surface area (Å²) in [6, 6.07) is 1.72. The predicted octanol–water partition coefficient (Wildman–Crippen LogP) is 0.921. The van der Waals surface area contributed by atoms with Gasteiger partial charge in [-0.05, 0) is 19.4 Å². The zero-order valence-electron chi connectivity index (χ0n) is 13.6. The van der Waals surface area contributed by atoms with E-state index in [4.69, 9.17) is 4.42 Å². The van der Waals surface area contributed by atoms with Crippen molar-refractivity contribution in [3.8, 4) is 0 Å². The van der Waals surface area contributed by atoms with Gasteiger partial charge >= 0.3 is 0 Å². The van der Waals surface area contributed by atoms with Crippen LogP contribution in [0, 0.1) is 6.92 Å². The Labute approximate surface area is 140 Å². The standard InChI is InChI=1S/C15H20N4O4S/c1-11-4-6-23-14(11)15(20)18-8-12(3-5-17-24(2,21)22)19-10-16-7-13(19)9-18/h4,6-7,10,12,17H,3,5,8-9H2,1-2H3/t12-/m1/s1. The number of hydrogen-bond donors (Lipinski definition) is 1. The molecule has 0 saturated carbocycles. The maximum Gasteiger partial charge on any atom is 0.290 e. The van der Waals surface area contributed by atoms with Crippen molar-refractivity contribution in [1.82, 2.24) is 19.2 Å². The van der Waals surface area contributed by atoms with Crippen LogP contribution in [0.25, 0.3) is 0 Å². The van der Waals surface area contributed by atoms with Crippen molar-refractivity contribution in [2.45, 2.75) is 25.9 Å². The first-order chi connectivity index (χ1) is 11.3. The molecule has 3 heterocycles. The van der Waals surface area contributed by atoms with Crippen molar-refractivity contribution in [3.63, 3.8) is 0 Å². The summed E-state index contributed by atoms with van der Waals surface area (Å²) in [5.41, 5.74) is 1.72. The van der Waals surface area contributed by atoms with Crippen molar-refractivity contribution in [2.75, 3.05) is 19.3 Å². The second-order valence-electron chi connectivity index (χ2n) is 6.02. The van der Waals surface area contributed by atoms with Gasteiger partial charge in [-0.2, -0.15) is 0 Å². The summed E-state index contributed by atoms with van der Waals surface area (Å²) in [4.78, 5) is 18.5. The van der Waals surface area contributed by atoms with Gasteiger partial charge in [-0.25, -0.2) is 18.1 Å². The second-order valence-corrected chi connectivity index (χ2v) is 7.85. The first-order valence-corrected chi connectivity index (χ1v) is 9.53. The van der Waals surface area contributed by atoms with Gasteiger partial charge in [-0.3, -0.25) is 4.79 Å². The number of carbonyl (C=O) groups is 1. The molecule has 1 amide bonds. The van der Waals surface area contributed by atoms with Crippen LogP contribution in [0.2, 0.25) is 0 Å². The number of hydrogen-bond acceptors (Lipinski definition) is 5. The fourth-order valence-corrected chi connectivity index (χ4v) is 3.41. The number of nitrogens with zero attached hydrogens (tertiary/aromatic N) is 3. The maximum atomic E-state index is 12.7. The molecule has 130 valence electrons. The normalized spacial score (nSPS) is 17.8. The highest BCUT2D eigenvalue weighted by Gasteiger charge is 2.30. The molecule has 1 aliphatic rings. The van der Waals surface area contributed by atoms with Crippen molar-refractivity contribution >= 4 is 15.9 Å². The summed E-state index contributed by atoms with van der Waals surface area (Å²) in [7, 11) is -3.23. The van der Waals surface area contributed by atoms with Gasteiger partial charge in [0.2, 0.25) is 10.0 Å². The Kier molecular flexibility index (Phi) is 4.46. The first-order valence-electron chi connectivity index (χ1n) is 7.64. The average Bonchev–Trinajstić information content (AvgIpc) is 3.13. The number of fused-ring (bicyclic) bond motifs is 1. The molecule has 0 aliphatic carbocycles. The molecule has 1 aliphatic heterocycles. The molecule has 1 N–H and O–H groups in total. The molecule has 0 aromatic carbocycles. The average molecular weight is 352 g/mol. The van der Waals surface area contributed by atoms with E-state index < -0.39 is 10.0 Å². The van der Waals surface area contributed by atoms with E-state index in [1.54, 1.807) is 23.5 Å². The monoisotopic (exact) mass is 352 g/mol. The molecular formula is C15H20N4O4S. The van der Waals surface area contributed by atoms with Crippen LogP contribution in [0.5, 0.6) is 0 Å². The molecule has 1 atom stereocenters. The summed E-state index contributed by atoms with van der Waals surface area (Å²) in [6.07, 6.45) is 6.65. The summed E-state index contributed by atoms with van der Waals surface area (Å²) in [6.45, 7) is 3.07. The predicted molar refractivity (Wildman–Crippen MR) is 86.9 cm³/mol. The lowest BCUT2D eigenvalue weighted by molar-refractivity contribution is 0.0641. The Morgan fingerprint density at radius 2 is 2.29 bits per heavy atom. The van der Waals surface area contributed by atoms with E-state index in [1.165, 1.54) is 6.26 Å². The fraction of sp³-hybridized carbons (Fsp3) is 0.467. The summed E-state index contributed by atoms with van der Waals surface area (Å²) in [5.74, 6) is 0.182. The van der Waals surface area contributed by atoms with Crippen LogP contribution < -0.4 is 4.72 Å². The third-order valence-corrected chi connectivity index (χ3v) is 4.84. The quantitative estimate of drug-likeness (QED) is 0.863. The molecule has 2 aromatic rings. The highest BCUT2D eigenvalue weighted by Crippen LogP contribution is 2.25. The van der Waals surface area contributed by atoms with Crippen LogP contribution in [0.1, 0.15) is 34.3 Å². The number of amides is 1. The van der Waals surface area contributed by atoms with Gasteiger partial charge in [-0.1, -0.05) is 0 Å². The van der Waals surface area contributed by atoms with Crippen LogP contribution in [0.4, 0.5) is 0 Å². The van der Waals surface area contributed by atoms with E-state index in [0.717, 1.165) is 17.5 Å². The van der Waals surface area contributed by atoms with Crippen molar-refractivity contribution < 1.29 is 17.6 Å². The third kappa shape index (κ3) is 3.51. The lowest BCUT2D eigenvalue weighted by Gasteiger charge is -2.34. The molecule has 0 radical (unpaired) electrons. The van der Waals surface area contributed by atoms with Gasteiger partial charge in [0.25, 0.3) is 5.91 Å². The first kappa shape index (κ1) is 16.7. The molecule has 24 heavy (non-hydrogen) atoms. The molecule has 0 saturated heterocycles. The van der Waals surface area contributed by atoms with E-state index >= 15 is 0 Å². The SMILES string of the molecule is Cc1ccoc1C(=O)N1Cc2cncn2[C@H](CCNS(C)(=O)=O)C1. The fourth-order valence-electron chi connectivity index (χ4n) is 2.92. The molecule has 0 spiro atoms. The molecular weight excluding hydrogens is 332 g/mol. The lowest BCUT2D eigenvalue weighted by Crippen LogP contribution is -2.41. The lowest BCUT2D eigenvalue weighted by atomic mass is 10.1. The van der Waals surface area contributed by atoms with Crippen molar-refractivity contribution in [3.05, 3.63) is 41.9 Å². The van der Waals surface area contributed by atoms with Gasteiger partial charge in [0, 0.05) is 24.8 Å². The molecule has 9 heteroatoms. The Morgan fingerprint density at radius 3 is 2.96 bits per heavy atom. The van der Waals surface area contributed by atoms with Crippen LogP contribution in [-0.4, -0.2) is 48.1 Å². The van der Waals surface area contributed by atoms with Gasteiger partial charge in [0.15, 0.2) is 5.76 Å². The Hall–Kier alpha value is -2.13. The largest absolute Gasteiger partial charge is 0.459 e.